The maximum atomic E-state index is 8.93. The first-order chi connectivity index (χ1) is 7.70. The van der Waals surface area contributed by atoms with Crippen LogP contribution in [0.5, 0.6) is 0 Å². The van der Waals surface area contributed by atoms with Crippen LogP contribution < -0.4 is 5.46 Å². The summed E-state index contributed by atoms with van der Waals surface area (Å²) >= 11 is 0. The zero-order valence-electron chi connectivity index (χ0n) is 8.28. The van der Waals surface area contributed by atoms with Gasteiger partial charge in [0.05, 0.1) is 17.3 Å². The summed E-state index contributed by atoms with van der Waals surface area (Å²) in [6, 6.07) is 8.84. The van der Waals surface area contributed by atoms with Gasteiger partial charge >= 0.3 is 7.12 Å². The van der Waals surface area contributed by atoms with Gasteiger partial charge in [-0.05, 0) is 24.3 Å². The molecule has 1 heterocycles. The Hall–Kier alpha value is -2.10. The molecule has 0 fully saturated rings. The molecule has 0 saturated carbocycles. The van der Waals surface area contributed by atoms with Crippen molar-refractivity contribution in [3.63, 3.8) is 0 Å². The van der Waals surface area contributed by atoms with Crippen LogP contribution in [0.2, 0.25) is 0 Å². The normalized spacial score (nSPS) is 9.81. The highest BCUT2D eigenvalue weighted by atomic mass is 16.4. The fourth-order valence-corrected chi connectivity index (χ4v) is 1.30. The van der Waals surface area contributed by atoms with Crippen molar-refractivity contribution in [2.45, 2.75) is 0 Å². The summed E-state index contributed by atoms with van der Waals surface area (Å²) in [6.45, 7) is 0. The van der Waals surface area contributed by atoms with Crippen molar-refractivity contribution in [2.75, 3.05) is 0 Å². The van der Waals surface area contributed by atoms with Gasteiger partial charge in [-0.1, -0.05) is 0 Å². The van der Waals surface area contributed by atoms with Crippen molar-refractivity contribution in [1.29, 1.82) is 5.26 Å². The van der Waals surface area contributed by atoms with Crippen molar-refractivity contribution in [2.24, 2.45) is 0 Å². The Balaban J connectivity index is 2.32. The topological polar surface area (TPSA) is 82.1 Å². The molecular weight excluding hydrogens is 205 g/mol. The van der Waals surface area contributed by atoms with Gasteiger partial charge in [-0.2, -0.15) is 10.4 Å². The van der Waals surface area contributed by atoms with Gasteiger partial charge in [-0.15, -0.1) is 0 Å². The van der Waals surface area contributed by atoms with Gasteiger partial charge in [-0.25, -0.2) is 4.68 Å². The number of aromatic nitrogens is 2. The Kier molecular flexibility index (Phi) is 2.73. The molecule has 0 aliphatic heterocycles. The SMILES string of the molecule is N#Cc1ccc(-n2cc(B(O)O)cn2)cc1. The summed E-state index contributed by atoms with van der Waals surface area (Å²) in [5, 5.41) is 30.5. The second-order valence-electron chi connectivity index (χ2n) is 3.25. The molecule has 2 N–H and O–H groups in total. The third-order valence-electron chi connectivity index (χ3n) is 2.16. The van der Waals surface area contributed by atoms with E-state index in [0.717, 1.165) is 5.69 Å². The monoisotopic (exact) mass is 213 g/mol. The smallest absolute Gasteiger partial charge is 0.423 e. The Morgan fingerprint density at radius 1 is 1.25 bits per heavy atom. The summed E-state index contributed by atoms with van der Waals surface area (Å²) in [4.78, 5) is 0. The van der Waals surface area contributed by atoms with Gasteiger partial charge in [0.25, 0.3) is 0 Å². The van der Waals surface area contributed by atoms with Crippen molar-refractivity contribution < 1.29 is 10.0 Å². The lowest BCUT2D eigenvalue weighted by atomic mass is 9.83. The molecule has 0 radical (unpaired) electrons. The van der Waals surface area contributed by atoms with Crippen LogP contribution in [0.15, 0.2) is 36.7 Å². The Morgan fingerprint density at radius 3 is 2.44 bits per heavy atom. The average molecular weight is 213 g/mol. The molecule has 0 atom stereocenters. The van der Waals surface area contributed by atoms with Gasteiger partial charge in [0.2, 0.25) is 0 Å². The lowest BCUT2D eigenvalue weighted by molar-refractivity contribution is 0.426. The van der Waals surface area contributed by atoms with E-state index < -0.39 is 7.12 Å². The zero-order chi connectivity index (χ0) is 11.5. The predicted molar refractivity (Wildman–Crippen MR) is 58.1 cm³/mol. The van der Waals surface area contributed by atoms with Gasteiger partial charge in [0.1, 0.15) is 0 Å². The van der Waals surface area contributed by atoms with E-state index in [1.54, 1.807) is 24.3 Å². The van der Waals surface area contributed by atoms with E-state index in [0.29, 0.717) is 11.0 Å². The summed E-state index contributed by atoms with van der Waals surface area (Å²) in [5.41, 5.74) is 1.65. The molecule has 16 heavy (non-hydrogen) atoms. The first-order valence-corrected chi connectivity index (χ1v) is 4.62. The molecule has 0 spiro atoms. The standard InChI is InChI=1S/C10H8BN3O2/c12-5-8-1-3-10(4-2-8)14-7-9(6-13-14)11(15)16/h1-4,6-7,15-16H. The second kappa shape index (κ2) is 4.19. The quantitative estimate of drug-likeness (QED) is 0.654. The zero-order valence-corrected chi connectivity index (χ0v) is 8.28. The van der Waals surface area contributed by atoms with Crippen LogP contribution in [-0.2, 0) is 0 Å². The number of nitriles is 1. The molecule has 0 unspecified atom stereocenters. The first-order valence-electron chi connectivity index (χ1n) is 4.62. The van der Waals surface area contributed by atoms with E-state index in [4.69, 9.17) is 15.3 Å². The minimum atomic E-state index is -1.52. The second-order valence-corrected chi connectivity index (χ2v) is 3.25. The predicted octanol–water partition coefficient (Wildman–Crippen LogP) is -0.576. The molecular formula is C10H8BN3O2. The third kappa shape index (κ3) is 1.96. The van der Waals surface area contributed by atoms with Gasteiger partial charge in [-0.3, -0.25) is 0 Å². The van der Waals surface area contributed by atoms with Crippen LogP contribution in [0, 0.1) is 11.3 Å². The van der Waals surface area contributed by atoms with Crippen molar-refractivity contribution in [1.82, 2.24) is 9.78 Å². The number of benzene rings is 1. The Morgan fingerprint density at radius 2 is 1.94 bits per heavy atom. The highest BCUT2D eigenvalue weighted by molar-refractivity contribution is 6.58. The molecule has 78 valence electrons. The van der Waals surface area contributed by atoms with Crippen molar-refractivity contribution in [3.8, 4) is 11.8 Å². The fraction of sp³-hybridized carbons (Fsp3) is 0. The molecule has 2 rings (SSSR count). The Labute approximate surface area is 92.3 Å². The number of rotatable bonds is 2. The Bertz CT molecular complexity index is 528. The van der Waals surface area contributed by atoms with Crippen LogP contribution in [-0.4, -0.2) is 26.9 Å². The lowest BCUT2D eigenvalue weighted by Gasteiger charge is -2.00. The van der Waals surface area contributed by atoms with E-state index in [9.17, 15) is 0 Å². The van der Waals surface area contributed by atoms with Crippen molar-refractivity contribution >= 4 is 12.6 Å². The van der Waals surface area contributed by atoms with Crippen LogP contribution in [0.25, 0.3) is 5.69 Å². The summed E-state index contributed by atoms with van der Waals surface area (Å²) in [6.07, 6.45) is 2.90. The average Bonchev–Trinajstić information content (AvgIpc) is 2.78. The first kappa shape index (κ1) is 10.4. The van der Waals surface area contributed by atoms with Crippen molar-refractivity contribution in [3.05, 3.63) is 42.2 Å². The fourth-order valence-electron chi connectivity index (χ4n) is 1.30. The van der Waals surface area contributed by atoms with Gasteiger partial charge in [0, 0.05) is 17.9 Å². The molecule has 1 aromatic carbocycles. The number of hydrogen-bond acceptors (Lipinski definition) is 4. The molecule has 2 aromatic rings. The van der Waals surface area contributed by atoms with Crippen LogP contribution in [0.4, 0.5) is 0 Å². The van der Waals surface area contributed by atoms with Crippen LogP contribution >= 0.6 is 0 Å². The summed E-state index contributed by atoms with van der Waals surface area (Å²) in [7, 11) is -1.52. The van der Waals surface area contributed by atoms with Gasteiger partial charge < -0.3 is 10.0 Å². The van der Waals surface area contributed by atoms with E-state index >= 15 is 0 Å². The van der Waals surface area contributed by atoms with Crippen LogP contribution in [0.1, 0.15) is 5.56 Å². The molecule has 0 bridgehead atoms. The maximum absolute atomic E-state index is 8.93. The van der Waals surface area contributed by atoms with E-state index in [1.165, 1.54) is 17.1 Å². The highest BCUT2D eigenvalue weighted by Gasteiger charge is 2.13. The summed E-state index contributed by atoms with van der Waals surface area (Å²) in [5.74, 6) is 0. The molecule has 0 saturated heterocycles. The molecule has 0 aliphatic carbocycles. The molecule has 6 heteroatoms. The molecule has 1 aromatic heterocycles. The number of hydrogen-bond donors (Lipinski definition) is 2. The third-order valence-corrected chi connectivity index (χ3v) is 2.16. The molecule has 5 nitrogen and oxygen atoms in total. The van der Waals surface area contributed by atoms with Crippen LogP contribution in [0.3, 0.4) is 0 Å². The minimum absolute atomic E-state index is 0.323. The minimum Gasteiger partial charge on any atom is -0.423 e. The molecule has 0 amide bonds. The highest BCUT2D eigenvalue weighted by Crippen LogP contribution is 2.07. The van der Waals surface area contributed by atoms with E-state index in [1.807, 2.05) is 6.07 Å². The molecule has 0 aliphatic rings. The number of nitrogens with zero attached hydrogens (tertiary/aromatic N) is 3. The van der Waals surface area contributed by atoms with E-state index in [2.05, 4.69) is 5.10 Å². The van der Waals surface area contributed by atoms with Gasteiger partial charge in [0.15, 0.2) is 0 Å². The summed E-state index contributed by atoms with van der Waals surface area (Å²) < 4.78 is 1.51. The van der Waals surface area contributed by atoms with E-state index in [-0.39, 0.29) is 0 Å². The largest absolute Gasteiger partial charge is 0.491 e. The maximum Gasteiger partial charge on any atom is 0.491 e. The lowest BCUT2D eigenvalue weighted by Crippen LogP contribution is -2.28.